The molecule has 0 radical (unpaired) electrons. The number of nitrogens with zero attached hydrogens (tertiary/aromatic N) is 2. The number of benzene rings is 3. The minimum absolute atomic E-state index is 0.114. The molecule has 0 saturated carbocycles. The number of nitrogens with one attached hydrogen (secondary N) is 1. The Hall–Kier alpha value is -3.57. The molecule has 0 spiro atoms. The highest BCUT2D eigenvalue weighted by molar-refractivity contribution is 8.18. The number of amides is 1. The highest BCUT2D eigenvalue weighted by atomic mass is 32.2. The lowest BCUT2D eigenvalue weighted by atomic mass is 10.1. The first-order valence-corrected chi connectivity index (χ1v) is 11.4. The van der Waals surface area contributed by atoms with Gasteiger partial charge in [-0.15, -0.1) is 0 Å². The van der Waals surface area contributed by atoms with Gasteiger partial charge >= 0.3 is 0 Å². The Morgan fingerprint density at radius 1 is 0.969 bits per heavy atom. The molecule has 4 aromatic rings. The van der Waals surface area contributed by atoms with Crippen LogP contribution in [0.2, 0.25) is 0 Å². The molecule has 5 rings (SSSR count). The van der Waals surface area contributed by atoms with E-state index < -0.39 is 0 Å². The van der Waals surface area contributed by atoms with Gasteiger partial charge in [0.25, 0.3) is 5.91 Å². The zero-order chi connectivity index (χ0) is 22.1. The predicted molar refractivity (Wildman–Crippen MR) is 134 cm³/mol. The molecule has 1 saturated heterocycles. The van der Waals surface area contributed by atoms with E-state index in [0.29, 0.717) is 10.1 Å². The summed E-state index contributed by atoms with van der Waals surface area (Å²) in [5.74, 6) is -0.114. The van der Waals surface area contributed by atoms with Crippen LogP contribution in [0.1, 0.15) is 22.3 Å². The van der Waals surface area contributed by atoms with Gasteiger partial charge in [0.1, 0.15) is 0 Å². The fourth-order valence-corrected chi connectivity index (χ4v) is 4.80. The molecule has 0 aliphatic carbocycles. The van der Waals surface area contributed by atoms with Gasteiger partial charge in [-0.3, -0.25) is 4.79 Å². The average Bonchev–Trinajstić information content (AvgIpc) is 3.28. The first-order chi connectivity index (χ1) is 15.5. The van der Waals surface area contributed by atoms with E-state index in [9.17, 15) is 4.79 Å². The second-order valence-corrected chi connectivity index (χ2v) is 9.07. The van der Waals surface area contributed by atoms with Crippen LogP contribution in [0.25, 0.3) is 17.0 Å². The summed E-state index contributed by atoms with van der Waals surface area (Å²) in [7, 11) is 0. The standard InChI is InChI=1S/C27H23N3OS/c1-18-7-5-9-20(13-18)16-30-17-21(23-11-3-4-12-24(23)30)15-25-26(31)29-27(32-25)28-22-10-6-8-19(2)14-22/h3-15,17H,16H2,1-2H3,(H,28,29,31)/b25-15-. The molecule has 1 aliphatic heterocycles. The highest BCUT2D eigenvalue weighted by Gasteiger charge is 2.24. The van der Waals surface area contributed by atoms with Crippen LogP contribution in [-0.4, -0.2) is 15.6 Å². The molecular weight excluding hydrogens is 414 g/mol. The van der Waals surface area contributed by atoms with E-state index >= 15 is 0 Å². The zero-order valence-corrected chi connectivity index (χ0v) is 18.8. The Labute approximate surface area is 191 Å². The third-order valence-corrected chi connectivity index (χ3v) is 6.33. The third-order valence-electron chi connectivity index (χ3n) is 5.42. The van der Waals surface area contributed by atoms with Gasteiger partial charge in [0.15, 0.2) is 5.17 Å². The fraction of sp³-hybridized carbons (Fsp3) is 0.111. The Morgan fingerprint density at radius 2 is 1.75 bits per heavy atom. The first-order valence-electron chi connectivity index (χ1n) is 10.5. The maximum atomic E-state index is 12.6. The van der Waals surface area contributed by atoms with E-state index in [1.807, 2.05) is 43.3 Å². The molecule has 0 bridgehead atoms. The highest BCUT2D eigenvalue weighted by Crippen LogP contribution is 2.31. The summed E-state index contributed by atoms with van der Waals surface area (Å²) < 4.78 is 2.25. The van der Waals surface area contributed by atoms with Crippen molar-refractivity contribution < 1.29 is 4.79 Å². The molecule has 0 unspecified atom stereocenters. The van der Waals surface area contributed by atoms with Gasteiger partial charge in [-0.25, -0.2) is 4.99 Å². The number of aryl methyl sites for hydroxylation is 2. The summed E-state index contributed by atoms with van der Waals surface area (Å²) in [6, 6.07) is 24.8. The van der Waals surface area contributed by atoms with Crippen LogP contribution in [0.4, 0.5) is 5.69 Å². The minimum Gasteiger partial charge on any atom is -0.342 e. The maximum Gasteiger partial charge on any atom is 0.264 e. The van der Waals surface area contributed by atoms with E-state index in [1.165, 1.54) is 22.9 Å². The predicted octanol–water partition coefficient (Wildman–Crippen LogP) is 6.20. The van der Waals surface area contributed by atoms with Crippen molar-refractivity contribution in [2.45, 2.75) is 20.4 Å². The van der Waals surface area contributed by atoms with Crippen molar-refractivity contribution in [3.05, 3.63) is 106 Å². The van der Waals surface area contributed by atoms with Gasteiger partial charge in [0.2, 0.25) is 0 Å². The van der Waals surface area contributed by atoms with Gasteiger partial charge in [-0.2, -0.15) is 0 Å². The summed E-state index contributed by atoms with van der Waals surface area (Å²) in [5, 5.41) is 4.63. The van der Waals surface area contributed by atoms with Crippen LogP contribution in [0.3, 0.4) is 0 Å². The lowest BCUT2D eigenvalue weighted by Gasteiger charge is -2.06. The Balaban J connectivity index is 1.48. The van der Waals surface area contributed by atoms with Crippen LogP contribution in [-0.2, 0) is 11.3 Å². The molecule has 1 aliphatic rings. The number of para-hydroxylation sites is 1. The summed E-state index contributed by atoms with van der Waals surface area (Å²) in [6.07, 6.45) is 4.09. The lowest BCUT2D eigenvalue weighted by Crippen LogP contribution is -2.19. The fourth-order valence-electron chi connectivity index (χ4n) is 3.96. The molecule has 1 fully saturated rings. The molecule has 1 N–H and O–H groups in total. The van der Waals surface area contributed by atoms with Gasteiger partial charge in [0.05, 0.1) is 10.6 Å². The molecule has 1 amide bonds. The van der Waals surface area contributed by atoms with Crippen LogP contribution in [0.15, 0.2) is 88.9 Å². The molecule has 3 aromatic carbocycles. The molecule has 158 valence electrons. The van der Waals surface area contributed by atoms with Crippen LogP contribution in [0.5, 0.6) is 0 Å². The van der Waals surface area contributed by atoms with Crippen LogP contribution in [0, 0.1) is 13.8 Å². The topological polar surface area (TPSA) is 46.4 Å². The van der Waals surface area contributed by atoms with Crippen molar-refractivity contribution >= 4 is 45.5 Å². The number of aromatic nitrogens is 1. The van der Waals surface area contributed by atoms with Gasteiger partial charge < -0.3 is 9.88 Å². The number of hydrogen-bond donors (Lipinski definition) is 1. The second kappa shape index (κ2) is 8.52. The SMILES string of the molecule is Cc1cccc(Cn2cc(/C=C3\SC(=Nc4cccc(C)c4)NC3=O)c3ccccc32)c1. The van der Waals surface area contributed by atoms with Gasteiger partial charge in [-0.05, 0) is 61.0 Å². The number of aliphatic imine (C=N–C) groups is 1. The van der Waals surface area contributed by atoms with E-state index in [2.05, 4.69) is 70.5 Å². The van der Waals surface area contributed by atoms with Crippen molar-refractivity contribution in [2.24, 2.45) is 4.99 Å². The number of amidine groups is 1. The Bertz CT molecular complexity index is 1400. The van der Waals surface area contributed by atoms with E-state index in [0.717, 1.165) is 34.3 Å². The molecule has 32 heavy (non-hydrogen) atoms. The molecular formula is C27H23N3OS. The number of carbonyl (C=O) groups excluding carboxylic acids is 1. The van der Waals surface area contributed by atoms with Crippen molar-refractivity contribution in [1.29, 1.82) is 0 Å². The Morgan fingerprint density at radius 3 is 2.56 bits per heavy atom. The number of thioether (sulfide) groups is 1. The van der Waals surface area contributed by atoms with Crippen molar-refractivity contribution in [2.75, 3.05) is 0 Å². The van der Waals surface area contributed by atoms with E-state index in [1.54, 1.807) is 0 Å². The number of rotatable bonds is 4. The quantitative estimate of drug-likeness (QED) is 0.387. The minimum atomic E-state index is -0.114. The van der Waals surface area contributed by atoms with Crippen LogP contribution >= 0.6 is 11.8 Å². The van der Waals surface area contributed by atoms with Gasteiger partial charge in [0, 0.05) is 29.2 Å². The smallest absolute Gasteiger partial charge is 0.264 e. The van der Waals surface area contributed by atoms with Crippen LogP contribution < -0.4 is 5.32 Å². The summed E-state index contributed by atoms with van der Waals surface area (Å²) in [5.41, 5.74) is 6.66. The first kappa shape index (κ1) is 20.3. The normalized spacial score (nSPS) is 16.2. The largest absolute Gasteiger partial charge is 0.342 e. The lowest BCUT2D eigenvalue weighted by molar-refractivity contribution is -0.115. The van der Waals surface area contributed by atoms with Crippen molar-refractivity contribution in [1.82, 2.24) is 9.88 Å². The number of hydrogen-bond acceptors (Lipinski definition) is 3. The Kier molecular flexibility index (Phi) is 5.41. The van der Waals surface area contributed by atoms with E-state index in [-0.39, 0.29) is 5.91 Å². The summed E-state index contributed by atoms with van der Waals surface area (Å²) >= 11 is 1.38. The second-order valence-electron chi connectivity index (χ2n) is 8.04. The maximum absolute atomic E-state index is 12.6. The van der Waals surface area contributed by atoms with E-state index in [4.69, 9.17) is 0 Å². The average molecular weight is 438 g/mol. The van der Waals surface area contributed by atoms with Crippen molar-refractivity contribution in [3.8, 4) is 0 Å². The molecule has 1 aromatic heterocycles. The van der Waals surface area contributed by atoms with Gasteiger partial charge in [-0.1, -0.05) is 60.2 Å². The monoisotopic (exact) mass is 437 g/mol. The number of carbonyl (C=O) groups is 1. The molecule has 5 heteroatoms. The summed E-state index contributed by atoms with van der Waals surface area (Å²) in [6.45, 7) is 4.92. The van der Waals surface area contributed by atoms with Crippen molar-refractivity contribution in [3.63, 3.8) is 0 Å². The number of fused-ring (bicyclic) bond motifs is 1. The summed E-state index contributed by atoms with van der Waals surface area (Å²) in [4.78, 5) is 17.9. The molecule has 0 atom stereocenters. The molecule has 2 heterocycles. The third kappa shape index (κ3) is 4.25. The zero-order valence-electron chi connectivity index (χ0n) is 18.0. The molecule has 4 nitrogen and oxygen atoms in total.